The van der Waals surface area contributed by atoms with Crippen LogP contribution in [-0.4, -0.2) is 69.2 Å². The molecular formula is C12H27N3O2. The minimum absolute atomic E-state index is 0.0308. The van der Waals surface area contributed by atoms with Gasteiger partial charge in [0.05, 0.1) is 12.6 Å². The number of hydrogen-bond acceptors (Lipinski definition) is 4. The summed E-state index contributed by atoms with van der Waals surface area (Å²) >= 11 is 0. The highest BCUT2D eigenvalue weighted by Crippen LogP contribution is 1.99. The first-order valence-corrected chi connectivity index (χ1v) is 6.21. The van der Waals surface area contributed by atoms with Gasteiger partial charge in [-0.1, -0.05) is 6.92 Å². The molecule has 0 aromatic carbocycles. The van der Waals surface area contributed by atoms with Crippen LogP contribution in [0.4, 0.5) is 0 Å². The smallest absolute Gasteiger partial charge is 0.239 e. The summed E-state index contributed by atoms with van der Waals surface area (Å²) in [5, 5.41) is 0. The predicted molar refractivity (Wildman–Crippen MR) is 69.9 cm³/mol. The highest BCUT2D eigenvalue weighted by Gasteiger charge is 2.18. The average Bonchev–Trinajstić information content (AvgIpc) is 2.31. The topological polar surface area (TPSA) is 58.8 Å². The Morgan fingerprint density at radius 1 is 1.29 bits per heavy atom. The Kier molecular flexibility index (Phi) is 9.03. The Hall–Kier alpha value is -0.650. The van der Waals surface area contributed by atoms with Gasteiger partial charge in [-0.25, -0.2) is 0 Å². The van der Waals surface area contributed by atoms with Crippen LogP contribution in [0.1, 0.15) is 19.8 Å². The van der Waals surface area contributed by atoms with E-state index in [1.165, 1.54) is 0 Å². The Balaban J connectivity index is 4.16. The summed E-state index contributed by atoms with van der Waals surface area (Å²) < 4.78 is 5.02. The molecule has 0 spiro atoms. The molecule has 1 atom stereocenters. The molecule has 0 rings (SSSR count). The summed E-state index contributed by atoms with van der Waals surface area (Å²) in [5.41, 5.74) is 5.78. The summed E-state index contributed by atoms with van der Waals surface area (Å²) in [7, 11) is 5.69. The maximum Gasteiger partial charge on any atom is 0.239 e. The zero-order valence-corrected chi connectivity index (χ0v) is 11.6. The summed E-state index contributed by atoms with van der Waals surface area (Å²) in [6, 6.07) is -0.383. The highest BCUT2D eigenvalue weighted by molar-refractivity contribution is 5.81. The quantitative estimate of drug-likeness (QED) is 0.628. The number of nitrogens with zero attached hydrogens (tertiary/aromatic N) is 2. The Labute approximate surface area is 105 Å². The summed E-state index contributed by atoms with van der Waals surface area (Å²) in [6.45, 7) is 4.82. The predicted octanol–water partition coefficient (Wildman–Crippen LogP) is 0.150. The first-order valence-electron chi connectivity index (χ1n) is 6.21. The van der Waals surface area contributed by atoms with Gasteiger partial charge in [0.2, 0.25) is 5.91 Å². The van der Waals surface area contributed by atoms with Crippen molar-refractivity contribution in [2.45, 2.75) is 25.8 Å². The van der Waals surface area contributed by atoms with Crippen LogP contribution in [0, 0.1) is 0 Å². The van der Waals surface area contributed by atoms with Crippen LogP contribution in [0.2, 0.25) is 0 Å². The molecule has 0 saturated heterocycles. The molecule has 0 aliphatic rings. The van der Waals surface area contributed by atoms with Crippen LogP contribution in [-0.2, 0) is 9.53 Å². The van der Waals surface area contributed by atoms with E-state index in [0.29, 0.717) is 19.6 Å². The molecule has 0 aromatic heterocycles. The first-order chi connectivity index (χ1) is 8.02. The fourth-order valence-electron chi connectivity index (χ4n) is 1.52. The van der Waals surface area contributed by atoms with E-state index in [9.17, 15) is 4.79 Å². The van der Waals surface area contributed by atoms with Gasteiger partial charge in [-0.3, -0.25) is 4.79 Å². The third kappa shape index (κ3) is 7.31. The van der Waals surface area contributed by atoms with E-state index in [-0.39, 0.29) is 11.9 Å². The fourth-order valence-corrected chi connectivity index (χ4v) is 1.52. The van der Waals surface area contributed by atoms with Crippen molar-refractivity contribution in [3.05, 3.63) is 0 Å². The number of hydrogen-bond donors (Lipinski definition) is 1. The van der Waals surface area contributed by atoms with E-state index in [0.717, 1.165) is 19.5 Å². The zero-order valence-electron chi connectivity index (χ0n) is 11.6. The monoisotopic (exact) mass is 245 g/mol. The van der Waals surface area contributed by atoms with E-state index in [1.807, 2.05) is 21.0 Å². The van der Waals surface area contributed by atoms with E-state index < -0.39 is 0 Å². The molecule has 0 unspecified atom stereocenters. The molecule has 5 nitrogen and oxygen atoms in total. The van der Waals surface area contributed by atoms with Gasteiger partial charge in [0, 0.05) is 20.2 Å². The zero-order chi connectivity index (χ0) is 13.3. The second kappa shape index (κ2) is 9.39. The van der Waals surface area contributed by atoms with Crippen LogP contribution in [0.5, 0.6) is 0 Å². The molecule has 102 valence electrons. The highest BCUT2D eigenvalue weighted by atomic mass is 16.5. The molecule has 17 heavy (non-hydrogen) atoms. The van der Waals surface area contributed by atoms with Gasteiger partial charge < -0.3 is 20.3 Å². The lowest BCUT2D eigenvalue weighted by atomic mass is 10.2. The van der Waals surface area contributed by atoms with Crippen molar-refractivity contribution in [3.63, 3.8) is 0 Å². The maximum atomic E-state index is 12.0. The fraction of sp³-hybridized carbons (Fsp3) is 0.917. The van der Waals surface area contributed by atoms with Crippen LogP contribution in [0.15, 0.2) is 0 Å². The number of nitrogens with two attached hydrogens (primary N) is 1. The standard InChI is InChI=1S/C12H27N3O2/c1-5-11(13)12(16)15(9-10-17-4)8-6-7-14(2)3/h11H,5-10,13H2,1-4H3/t11-/m0/s1. The Morgan fingerprint density at radius 3 is 2.41 bits per heavy atom. The molecule has 0 fully saturated rings. The van der Waals surface area contributed by atoms with Gasteiger partial charge in [0.1, 0.15) is 0 Å². The largest absolute Gasteiger partial charge is 0.383 e. The number of methoxy groups -OCH3 is 1. The third-order valence-electron chi connectivity index (χ3n) is 2.67. The molecule has 0 aromatic rings. The van der Waals surface area contributed by atoms with Crippen LogP contribution in [0.25, 0.3) is 0 Å². The number of carbonyl (C=O) groups is 1. The van der Waals surface area contributed by atoms with Gasteiger partial charge in [0.25, 0.3) is 0 Å². The second-order valence-corrected chi connectivity index (χ2v) is 4.49. The van der Waals surface area contributed by atoms with E-state index >= 15 is 0 Å². The molecule has 5 heteroatoms. The molecule has 0 bridgehead atoms. The molecule has 0 aliphatic carbocycles. The van der Waals surface area contributed by atoms with Gasteiger partial charge in [-0.15, -0.1) is 0 Å². The molecule has 0 heterocycles. The van der Waals surface area contributed by atoms with Crippen LogP contribution < -0.4 is 5.73 Å². The van der Waals surface area contributed by atoms with Gasteiger partial charge in [0.15, 0.2) is 0 Å². The maximum absolute atomic E-state index is 12.0. The molecular weight excluding hydrogens is 218 g/mol. The lowest BCUT2D eigenvalue weighted by Crippen LogP contribution is -2.45. The van der Waals surface area contributed by atoms with Crippen LogP contribution in [0.3, 0.4) is 0 Å². The lowest BCUT2D eigenvalue weighted by Gasteiger charge is -2.25. The van der Waals surface area contributed by atoms with Crippen molar-refractivity contribution in [2.24, 2.45) is 5.73 Å². The number of rotatable bonds is 9. The van der Waals surface area contributed by atoms with Crippen LogP contribution >= 0.6 is 0 Å². The molecule has 2 N–H and O–H groups in total. The molecule has 0 radical (unpaired) electrons. The van der Waals surface area contributed by atoms with Crippen molar-refractivity contribution in [2.75, 3.05) is 47.4 Å². The van der Waals surface area contributed by atoms with Gasteiger partial charge in [-0.2, -0.15) is 0 Å². The Bertz CT molecular complexity index is 210. The SMILES string of the molecule is CC[C@H](N)C(=O)N(CCCN(C)C)CCOC. The minimum atomic E-state index is -0.383. The summed E-state index contributed by atoms with van der Waals surface area (Å²) in [4.78, 5) is 15.9. The van der Waals surface area contributed by atoms with Crippen molar-refractivity contribution in [1.82, 2.24) is 9.80 Å². The Morgan fingerprint density at radius 2 is 1.94 bits per heavy atom. The lowest BCUT2D eigenvalue weighted by molar-refractivity contribution is -0.133. The number of amides is 1. The van der Waals surface area contributed by atoms with Crippen molar-refractivity contribution in [3.8, 4) is 0 Å². The average molecular weight is 245 g/mol. The molecule has 1 amide bonds. The van der Waals surface area contributed by atoms with Crippen molar-refractivity contribution >= 4 is 5.91 Å². The summed E-state index contributed by atoms with van der Waals surface area (Å²) in [6.07, 6.45) is 1.63. The van der Waals surface area contributed by atoms with E-state index in [1.54, 1.807) is 12.0 Å². The third-order valence-corrected chi connectivity index (χ3v) is 2.67. The summed E-state index contributed by atoms with van der Waals surface area (Å²) in [5.74, 6) is 0.0308. The van der Waals surface area contributed by atoms with Crippen molar-refractivity contribution < 1.29 is 9.53 Å². The minimum Gasteiger partial charge on any atom is -0.383 e. The van der Waals surface area contributed by atoms with Crippen molar-refractivity contribution in [1.29, 1.82) is 0 Å². The van der Waals surface area contributed by atoms with Gasteiger partial charge in [-0.05, 0) is 33.5 Å². The van der Waals surface area contributed by atoms with E-state index in [2.05, 4.69) is 4.90 Å². The molecule has 0 aliphatic heterocycles. The second-order valence-electron chi connectivity index (χ2n) is 4.49. The van der Waals surface area contributed by atoms with E-state index in [4.69, 9.17) is 10.5 Å². The normalized spacial score (nSPS) is 12.8. The number of carbonyl (C=O) groups excluding carboxylic acids is 1. The van der Waals surface area contributed by atoms with Gasteiger partial charge >= 0.3 is 0 Å². The number of ether oxygens (including phenoxy) is 1. The first kappa shape index (κ1) is 16.4. The molecule has 0 saturated carbocycles.